The van der Waals surface area contributed by atoms with E-state index in [2.05, 4.69) is 11.8 Å². The first kappa shape index (κ1) is 19.2. The lowest BCUT2D eigenvalue weighted by Crippen LogP contribution is -2.49. The van der Waals surface area contributed by atoms with E-state index in [0.717, 1.165) is 10.6 Å². The number of nitrogens with zero attached hydrogens (tertiary/aromatic N) is 2. The van der Waals surface area contributed by atoms with Crippen molar-refractivity contribution in [2.75, 3.05) is 33.3 Å². The van der Waals surface area contributed by atoms with Gasteiger partial charge < -0.3 is 4.74 Å². The Balaban J connectivity index is 1.68. The molecule has 26 heavy (non-hydrogen) atoms. The molecule has 1 atom stereocenters. The fourth-order valence-corrected chi connectivity index (χ4v) is 4.95. The van der Waals surface area contributed by atoms with Crippen LogP contribution in [0.5, 0.6) is 5.75 Å². The third kappa shape index (κ3) is 3.88. The smallest absolute Gasteiger partial charge is 0.243 e. The van der Waals surface area contributed by atoms with Crippen LogP contribution in [-0.2, 0) is 10.0 Å². The van der Waals surface area contributed by atoms with Gasteiger partial charge in [0.05, 0.1) is 12.0 Å². The summed E-state index contributed by atoms with van der Waals surface area (Å²) in [6.45, 7) is 4.37. The van der Waals surface area contributed by atoms with Gasteiger partial charge in [-0.25, -0.2) is 8.42 Å². The number of piperazine rings is 1. The van der Waals surface area contributed by atoms with E-state index in [0.29, 0.717) is 36.8 Å². The van der Waals surface area contributed by atoms with E-state index in [4.69, 9.17) is 16.3 Å². The van der Waals surface area contributed by atoms with Crippen molar-refractivity contribution in [1.82, 2.24) is 9.21 Å². The summed E-state index contributed by atoms with van der Waals surface area (Å²) in [6.07, 6.45) is 0. The van der Waals surface area contributed by atoms with E-state index in [9.17, 15) is 8.42 Å². The molecule has 2 aromatic carbocycles. The molecule has 0 aliphatic carbocycles. The fraction of sp³-hybridized carbons (Fsp3) is 0.368. The van der Waals surface area contributed by atoms with Gasteiger partial charge in [0.25, 0.3) is 0 Å². The molecule has 0 unspecified atom stereocenters. The van der Waals surface area contributed by atoms with E-state index in [1.54, 1.807) is 35.7 Å². The summed E-state index contributed by atoms with van der Waals surface area (Å²) in [5.74, 6) is 0.641. The molecule has 3 rings (SSSR count). The van der Waals surface area contributed by atoms with E-state index in [1.165, 1.54) is 0 Å². The third-order valence-corrected chi connectivity index (χ3v) is 7.13. The Morgan fingerprint density at radius 2 is 1.62 bits per heavy atom. The molecule has 7 heteroatoms. The normalized spacial score (nSPS) is 17.8. The van der Waals surface area contributed by atoms with Crippen molar-refractivity contribution in [1.29, 1.82) is 0 Å². The minimum Gasteiger partial charge on any atom is -0.497 e. The topological polar surface area (TPSA) is 49.9 Å². The van der Waals surface area contributed by atoms with E-state index in [-0.39, 0.29) is 6.04 Å². The van der Waals surface area contributed by atoms with Crippen molar-refractivity contribution in [2.45, 2.75) is 17.9 Å². The molecule has 1 heterocycles. The van der Waals surface area contributed by atoms with Gasteiger partial charge in [-0.2, -0.15) is 4.31 Å². The minimum absolute atomic E-state index is 0.148. The van der Waals surface area contributed by atoms with Gasteiger partial charge in [0.2, 0.25) is 10.0 Å². The lowest BCUT2D eigenvalue weighted by Gasteiger charge is -2.37. The summed E-state index contributed by atoms with van der Waals surface area (Å²) >= 11 is 6.30. The van der Waals surface area contributed by atoms with Crippen LogP contribution in [0.1, 0.15) is 18.5 Å². The van der Waals surface area contributed by atoms with Crippen molar-refractivity contribution < 1.29 is 13.2 Å². The molecule has 0 amide bonds. The number of methoxy groups -OCH3 is 1. The number of hydrogen-bond donors (Lipinski definition) is 0. The van der Waals surface area contributed by atoms with Crippen molar-refractivity contribution in [2.24, 2.45) is 0 Å². The average Bonchev–Trinajstić information content (AvgIpc) is 2.68. The van der Waals surface area contributed by atoms with Gasteiger partial charge in [-0.05, 0) is 42.8 Å². The molecule has 140 valence electrons. The van der Waals surface area contributed by atoms with Crippen LogP contribution in [0.2, 0.25) is 5.02 Å². The highest BCUT2D eigenvalue weighted by atomic mass is 35.5. The zero-order valence-corrected chi connectivity index (χ0v) is 16.5. The lowest BCUT2D eigenvalue weighted by atomic mass is 10.1. The molecule has 0 aromatic heterocycles. The molecule has 0 N–H and O–H groups in total. The zero-order chi connectivity index (χ0) is 18.7. The second-order valence-corrected chi connectivity index (χ2v) is 8.66. The first-order valence-electron chi connectivity index (χ1n) is 8.56. The summed E-state index contributed by atoms with van der Waals surface area (Å²) < 4.78 is 32.3. The summed E-state index contributed by atoms with van der Waals surface area (Å²) in [5, 5.41) is 0.744. The second-order valence-electron chi connectivity index (χ2n) is 6.31. The standard InChI is InChI=1S/C19H23ClN2O3S/c1-15(18-5-3-4-6-19(18)20)21-11-13-22(14-12-21)26(23,24)17-9-7-16(25-2)8-10-17/h3-10,15H,11-14H2,1-2H3/t15-/m0/s1. The van der Waals surface area contributed by atoms with Gasteiger partial charge in [0.1, 0.15) is 5.75 Å². The van der Waals surface area contributed by atoms with Crippen LogP contribution in [-0.4, -0.2) is 50.9 Å². The molecular weight excluding hydrogens is 372 g/mol. The van der Waals surface area contributed by atoms with Crippen LogP contribution < -0.4 is 4.74 Å². The van der Waals surface area contributed by atoms with Crippen molar-refractivity contribution in [3.05, 3.63) is 59.1 Å². The average molecular weight is 395 g/mol. The van der Waals surface area contributed by atoms with Gasteiger partial charge in [-0.15, -0.1) is 0 Å². The Hall–Kier alpha value is -1.60. The van der Waals surface area contributed by atoms with Crippen LogP contribution in [0.3, 0.4) is 0 Å². The first-order chi connectivity index (χ1) is 12.4. The Kier molecular flexibility index (Phi) is 5.87. The van der Waals surface area contributed by atoms with E-state index in [1.807, 2.05) is 24.3 Å². The van der Waals surface area contributed by atoms with Gasteiger partial charge in [-0.1, -0.05) is 29.8 Å². The quantitative estimate of drug-likeness (QED) is 0.779. The highest BCUT2D eigenvalue weighted by Crippen LogP contribution is 2.29. The SMILES string of the molecule is COc1ccc(S(=O)(=O)N2CCN([C@@H](C)c3ccccc3Cl)CC2)cc1. The van der Waals surface area contributed by atoms with Crippen molar-refractivity contribution in [3.8, 4) is 5.75 Å². The van der Waals surface area contributed by atoms with E-state index < -0.39 is 10.0 Å². The Labute approximate surface area is 160 Å². The molecule has 1 aliphatic heterocycles. The first-order valence-corrected chi connectivity index (χ1v) is 10.4. The lowest BCUT2D eigenvalue weighted by molar-refractivity contribution is 0.146. The van der Waals surface area contributed by atoms with Crippen LogP contribution in [0.15, 0.2) is 53.4 Å². The second kappa shape index (κ2) is 7.96. The Bertz CT molecular complexity index is 847. The van der Waals surface area contributed by atoms with Crippen molar-refractivity contribution in [3.63, 3.8) is 0 Å². The minimum atomic E-state index is -3.48. The summed E-state index contributed by atoms with van der Waals surface area (Å²) in [4.78, 5) is 2.56. The summed E-state index contributed by atoms with van der Waals surface area (Å²) in [7, 11) is -1.93. The van der Waals surface area contributed by atoms with Crippen LogP contribution in [0.4, 0.5) is 0 Å². The van der Waals surface area contributed by atoms with Gasteiger partial charge in [0, 0.05) is 37.2 Å². The molecule has 0 radical (unpaired) electrons. The number of ether oxygens (including phenoxy) is 1. The molecule has 1 saturated heterocycles. The largest absolute Gasteiger partial charge is 0.497 e. The summed E-state index contributed by atoms with van der Waals surface area (Å²) in [6, 6.07) is 14.5. The molecule has 0 saturated carbocycles. The van der Waals surface area contributed by atoms with Crippen molar-refractivity contribution >= 4 is 21.6 Å². The van der Waals surface area contributed by atoms with Gasteiger partial charge in [-0.3, -0.25) is 4.90 Å². The molecule has 2 aromatic rings. The van der Waals surface area contributed by atoms with Crippen LogP contribution >= 0.6 is 11.6 Å². The molecule has 1 fully saturated rings. The predicted octanol–water partition coefficient (Wildman–Crippen LogP) is 3.42. The van der Waals surface area contributed by atoms with Crippen LogP contribution in [0, 0.1) is 0 Å². The van der Waals surface area contributed by atoms with E-state index >= 15 is 0 Å². The molecule has 0 bridgehead atoms. The highest BCUT2D eigenvalue weighted by molar-refractivity contribution is 7.89. The zero-order valence-electron chi connectivity index (χ0n) is 14.9. The summed E-state index contributed by atoms with van der Waals surface area (Å²) in [5.41, 5.74) is 1.07. The molecule has 5 nitrogen and oxygen atoms in total. The third-order valence-electron chi connectivity index (χ3n) is 4.87. The number of hydrogen-bond acceptors (Lipinski definition) is 4. The number of halogens is 1. The molecular formula is C19H23ClN2O3S. The highest BCUT2D eigenvalue weighted by Gasteiger charge is 2.30. The number of sulfonamides is 1. The van der Waals surface area contributed by atoms with Gasteiger partial charge >= 0.3 is 0 Å². The van der Waals surface area contributed by atoms with Gasteiger partial charge in [0.15, 0.2) is 0 Å². The Morgan fingerprint density at radius 3 is 2.19 bits per heavy atom. The maximum absolute atomic E-state index is 12.8. The monoisotopic (exact) mass is 394 g/mol. The Morgan fingerprint density at radius 1 is 1.00 bits per heavy atom. The predicted molar refractivity (Wildman–Crippen MR) is 103 cm³/mol. The fourth-order valence-electron chi connectivity index (χ4n) is 3.24. The maximum Gasteiger partial charge on any atom is 0.243 e. The molecule has 0 spiro atoms. The van der Waals surface area contributed by atoms with Crippen LogP contribution in [0.25, 0.3) is 0 Å². The maximum atomic E-state index is 12.8. The molecule has 1 aliphatic rings. The number of rotatable bonds is 5. The number of benzene rings is 2.